The predicted molar refractivity (Wildman–Crippen MR) is 107 cm³/mol. The molecule has 2 saturated heterocycles. The molecular weight excluding hydrogens is 344 g/mol. The van der Waals surface area contributed by atoms with E-state index in [0.717, 1.165) is 57.5 Å². The first-order chi connectivity index (χ1) is 12.6. The largest absolute Gasteiger partial charge is 0.462 e. The molecule has 0 spiro atoms. The molecule has 0 aromatic heterocycles. The second kappa shape index (κ2) is 10.3. The number of esters is 1. The molecule has 6 nitrogen and oxygen atoms in total. The molecule has 2 rings (SSSR count). The van der Waals surface area contributed by atoms with Crippen LogP contribution in [-0.2, 0) is 19.2 Å². The zero-order valence-corrected chi connectivity index (χ0v) is 18.0. The van der Waals surface area contributed by atoms with Gasteiger partial charge in [-0.05, 0) is 40.0 Å². The molecule has 2 aliphatic heterocycles. The van der Waals surface area contributed by atoms with Crippen LogP contribution in [0.3, 0.4) is 0 Å². The van der Waals surface area contributed by atoms with E-state index in [1.165, 1.54) is 6.92 Å². The normalized spacial score (nSPS) is 22.9. The maximum atomic E-state index is 11.0. The van der Waals surface area contributed by atoms with Gasteiger partial charge in [0.1, 0.15) is 12.4 Å². The third-order valence-corrected chi connectivity index (χ3v) is 5.18. The van der Waals surface area contributed by atoms with Gasteiger partial charge in [-0.15, -0.1) is 6.58 Å². The topological polar surface area (TPSA) is 59.1 Å². The van der Waals surface area contributed by atoms with Gasteiger partial charge < -0.3 is 14.4 Å². The minimum Gasteiger partial charge on any atom is -0.462 e. The zero-order chi connectivity index (χ0) is 20.7. The summed E-state index contributed by atoms with van der Waals surface area (Å²) in [7, 11) is 1.69. The van der Waals surface area contributed by atoms with Crippen LogP contribution in [0.4, 0.5) is 0 Å². The number of hydrogen-bond acceptors (Lipinski definition) is 6. The van der Waals surface area contributed by atoms with Crippen molar-refractivity contribution in [1.82, 2.24) is 9.96 Å². The molecule has 2 heterocycles. The number of carbonyl (C=O) groups excluding carboxylic acids is 2. The lowest BCUT2D eigenvalue weighted by atomic mass is 9.80. The van der Waals surface area contributed by atoms with Gasteiger partial charge >= 0.3 is 5.97 Å². The van der Waals surface area contributed by atoms with Gasteiger partial charge in [-0.2, -0.15) is 5.06 Å². The molecule has 156 valence electrons. The Morgan fingerprint density at radius 2 is 1.74 bits per heavy atom. The summed E-state index contributed by atoms with van der Waals surface area (Å²) in [6, 6.07) is 0. The monoisotopic (exact) mass is 382 g/mol. The number of hydrogen-bond donors (Lipinski definition) is 0. The predicted octanol–water partition coefficient (Wildman–Crippen LogP) is 3.22. The van der Waals surface area contributed by atoms with Gasteiger partial charge in [0.05, 0.1) is 7.11 Å². The van der Waals surface area contributed by atoms with Crippen molar-refractivity contribution in [2.75, 3.05) is 26.7 Å². The van der Waals surface area contributed by atoms with E-state index < -0.39 is 0 Å². The number of piperidine rings is 1. The van der Waals surface area contributed by atoms with E-state index in [-0.39, 0.29) is 23.2 Å². The van der Waals surface area contributed by atoms with Gasteiger partial charge in [-0.1, -0.05) is 6.08 Å². The van der Waals surface area contributed by atoms with Crippen molar-refractivity contribution in [3.05, 3.63) is 12.7 Å². The van der Waals surface area contributed by atoms with E-state index in [1.807, 2.05) is 11.1 Å². The molecule has 27 heavy (non-hydrogen) atoms. The third kappa shape index (κ3) is 7.35. The average Bonchev–Trinajstić information content (AvgIpc) is 2.47. The van der Waals surface area contributed by atoms with E-state index >= 15 is 0 Å². The molecule has 0 unspecified atom stereocenters. The second-order valence-corrected chi connectivity index (χ2v) is 8.86. The lowest BCUT2D eigenvalue weighted by molar-refractivity contribution is -0.278. The summed E-state index contributed by atoms with van der Waals surface area (Å²) >= 11 is 0. The van der Waals surface area contributed by atoms with Gasteiger partial charge in [0.15, 0.2) is 0 Å². The van der Waals surface area contributed by atoms with Crippen LogP contribution in [-0.4, -0.2) is 66.1 Å². The lowest BCUT2D eigenvalue weighted by Crippen LogP contribution is -2.61. The summed E-state index contributed by atoms with van der Waals surface area (Å²) in [5.41, 5.74) is -0.257. The molecule has 6 heteroatoms. The number of carbonyl (C=O) groups is 2. The first-order valence-corrected chi connectivity index (χ1v) is 9.84. The summed E-state index contributed by atoms with van der Waals surface area (Å²) in [4.78, 5) is 28.8. The van der Waals surface area contributed by atoms with Crippen molar-refractivity contribution < 1.29 is 19.2 Å². The molecule has 0 atom stereocenters. The second-order valence-electron chi connectivity index (χ2n) is 8.86. The van der Waals surface area contributed by atoms with Crippen LogP contribution in [0.1, 0.15) is 60.3 Å². The molecule has 0 amide bonds. The van der Waals surface area contributed by atoms with Crippen molar-refractivity contribution in [2.24, 2.45) is 5.92 Å². The number of rotatable bonds is 7. The van der Waals surface area contributed by atoms with E-state index in [2.05, 4.69) is 39.2 Å². The van der Waals surface area contributed by atoms with Gasteiger partial charge in [0.25, 0.3) is 0 Å². The van der Waals surface area contributed by atoms with E-state index in [1.54, 1.807) is 7.11 Å². The van der Waals surface area contributed by atoms with Crippen molar-refractivity contribution in [1.29, 1.82) is 0 Å². The minimum absolute atomic E-state index is 0.0195. The molecule has 0 saturated carbocycles. The number of aldehydes is 1. The van der Waals surface area contributed by atoms with Crippen molar-refractivity contribution in [2.45, 2.75) is 77.5 Å². The number of likely N-dealkylation sites (tertiary alicyclic amines) is 1. The van der Waals surface area contributed by atoms with Crippen LogP contribution in [0, 0.1) is 5.92 Å². The van der Waals surface area contributed by atoms with Crippen LogP contribution < -0.4 is 0 Å². The summed E-state index contributed by atoms with van der Waals surface area (Å²) < 4.78 is 5.33. The molecule has 0 radical (unpaired) electrons. The maximum absolute atomic E-state index is 11.0. The number of nitrogens with zero attached hydrogens (tertiary/aromatic N) is 2. The summed E-state index contributed by atoms with van der Waals surface area (Å²) in [6.45, 7) is 16.9. The fraction of sp³-hybridized carbons (Fsp3) is 0.810. The lowest BCUT2D eigenvalue weighted by Gasteiger charge is -2.52. The maximum Gasteiger partial charge on any atom is 0.302 e. The Labute approximate surface area is 164 Å². The Bertz CT molecular complexity index is 480. The van der Waals surface area contributed by atoms with Crippen LogP contribution in [0.15, 0.2) is 12.7 Å². The highest BCUT2D eigenvalue weighted by molar-refractivity contribution is 5.66. The van der Waals surface area contributed by atoms with Gasteiger partial charge in [-0.3, -0.25) is 9.69 Å². The Morgan fingerprint density at radius 1 is 1.19 bits per heavy atom. The number of hydroxylamine groups is 2. The van der Waals surface area contributed by atoms with E-state index in [0.29, 0.717) is 0 Å². The summed E-state index contributed by atoms with van der Waals surface area (Å²) in [5.74, 6) is 0.558. The standard InChI is InChI=1S/C12H23NO3.C9H15NO/c1-9(14)16-10-7-11(2,3)13(15-6)12(4,5)8-10;1-2-5-10-7-9(8-10)4-3-6-11/h10H,7-8H2,1-6H3;2,6,9H,1,3-5,7-8H2. The van der Waals surface area contributed by atoms with Gasteiger partial charge in [-0.25, -0.2) is 0 Å². The Morgan fingerprint density at radius 3 is 2.15 bits per heavy atom. The molecule has 0 bridgehead atoms. The quantitative estimate of drug-likeness (QED) is 0.383. The molecule has 2 fully saturated rings. The van der Waals surface area contributed by atoms with Crippen LogP contribution in [0.5, 0.6) is 0 Å². The molecule has 0 aromatic rings. The Balaban J connectivity index is 0.000000289. The highest BCUT2D eigenvalue weighted by Crippen LogP contribution is 2.39. The van der Waals surface area contributed by atoms with Crippen molar-refractivity contribution in [3.63, 3.8) is 0 Å². The van der Waals surface area contributed by atoms with Gasteiger partial charge in [0.2, 0.25) is 0 Å². The van der Waals surface area contributed by atoms with E-state index in [9.17, 15) is 9.59 Å². The zero-order valence-electron chi connectivity index (χ0n) is 18.0. The fourth-order valence-electron chi connectivity index (χ4n) is 4.48. The molecular formula is C21H38N2O4. The van der Waals surface area contributed by atoms with E-state index in [4.69, 9.17) is 9.57 Å². The Kier molecular flexibility index (Phi) is 9.12. The first-order valence-electron chi connectivity index (χ1n) is 9.84. The Hall–Kier alpha value is -1.24. The smallest absolute Gasteiger partial charge is 0.302 e. The highest BCUT2D eigenvalue weighted by Gasteiger charge is 2.47. The van der Waals surface area contributed by atoms with Crippen molar-refractivity contribution in [3.8, 4) is 0 Å². The van der Waals surface area contributed by atoms with Crippen LogP contribution in [0.25, 0.3) is 0 Å². The summed E-state index contributed by atoms with van der Waals surface area (Å²) in [6.07, 6.45) is 6.30. The first kappa shape index (κ1) is 23.8. The fourth-order valence-corrected chi connectivity index (χ4v) is 4.48. The molecule has 0 N–H and O–H groups in total. The molecule has 0 aromatic carbocycles. The van der Waals surface area contributed by atoms with Crippen molar-refractivity contribution >= 4 is 12.3 Å². The average molecular weight is 383 g/mol. The minimum atomic E-state index is -0.206. The number of ether oxygens (including phenoxy) is 1. The third-order valence-electron chi connectivity index (χ3n) is 5.18. The van der Waals surface area contributed by atoms with Gasteiger partial charge in [0, 0.05) is 56.9 Å². The highest BCUT2D eigenvalue weighted by atomic mass is 16.7. The van der Waals surface area contributed by atoms with Crippen LogP contribution >= 0.6 is 0 Å². The molecule has 2 aliphatic rings. The van der Waals surface area contributed by atoms with Crippen LogP contribution in [0.2, 0.25) is 0 Å². The summed E-state index contributed by atoms with van der Waals surface area (Å²) in [5, 5.41) is 2.00. The molecule has 0 aliphatic carbocycles. The SMILES string of the molecule is C=CCN1CC(CCC=O)C1.CON1C(C)(C)CC(OC(C)=O)CC1(C)C.